The van der Waals surface area contributed by atoms with E-state index in [4.69, 9.17) is 32.7 Å². The molecule has 150 valence electrons. The van der Waals surface area contributed by atoms with Gasteiger partial charge in [0.15, 0.2) is 0 Å². The summed E-state index contributed by atoms with van der Waals surface area (Å²) in [4.78, 5) is 10.9. The second kappa shape index (κ2) is 7.67. The molecule has 2 fully saturated rings. The van der Waals surface area contributed by atoms with Gasteiger partial charge in [-0.1, -0.05) is 35.3 Å². The third-order valence-electron chi connectivity index (χ3n) is 5.91. The highest BCUT2D eigenvalue weighted by Gasteiger charge is 2.49. The first-order valence-electron chi connectivity index (χ1n) is 9.31. The van der Waals surface area contributed by atoms with Gasteiger partial charge in [0, 0.05) is 24.8 Å². The van der Waals surface area contributed by atoms with Crippen LogP contribution in [0, 0.1) is 0 Å². The molecule has 1 aromatic heterocycles. The lowest BCUT2D eigenvalue weighted by molar-refractivity contribution is -0.0612. The third kappa shape index (κ3) is 3.43. The molecule has 2 aromatic rings. The molecule has 28 heavy (non-hydrogen) atoms. The number of nitrogens with zero attached hydrogens (tertiary/aromatic N) is 3. The molecule has 1 N–H and O–H groups in total. The van der Waals surface area contributed by atoms with Gasteiger partial charge in [-0.3, -0.25) is 4.90 Å². The summed E-state index contributed by atoms with van der Waals surface area (Å²) in [5, 5.41) is 12.7. The van der Waals surface area contributed by atoms with Crippen molar-refractivity contribution in [3.63, 3.8) is 0 Å². The average molecular weight is 424 g/mol. The maximum absolute atomic E-state index is 11.5. The van der Waals surface area contributed by atoms with Crippen molar-refractivity contribution in [1.29, 1.82) is 0 Å². The van der Waals surface area contributed by atoms with E-state index in [2.05, 4.69) is 14.9 Å². The van der Waals surface area contributed by atoms with Crippen LogP contribution < -0.4 is 9.47 Å². The number of aromatic nitrogens is 2. The van der Waals surface area contributed by atoms with Gasteiger partial charge in [-0.25, -0.2) is 4.98 Å². The number of halogens is 2. The van der Waals surface area contributed by atoms with Crippen molar-refractivity contribution < 1.29 is 14.6 Å². The molecular weight excluding hydrogens is 401 g/mol. The predicted octanol–water partition coefficient (Wildman–Crippen LogP) is 3.82. The molecule has 4 rings (SSSR count). The fourth-order valence-corrected chi connectivity index (χ4v) is 4.97. The van der Waals surface area contributed by atoms with E-state index in [9.17, 15) is 5.11 Å². The summed E-state index contributed by atoms with van der Waals surface area (Å²) in [6.07, 6.45) is 4.87. The number of hydrogen-bond acceptors (Lipinski definition) is 6. The van der Waals surface area contributed by atoms with Crippen molar-refractivity contribution in [2.45, 2.75) is 49.9 Å². The molecule has 0 amide bonds. The summed E-state index contributed by atoms with van der Waals surface area (Å²) < 4.78 is 10.5. The Kier molecular flexibility index (Phi) is 5.40. The first-order valence-corrected chi connectivity index (χ1v) is 10.1. The molecule has 2 atom stereocenters. The standard InChI is InChI=1S/C20H23Cl2N3O3/c1-27-18-15(10-23-19(24-18)28-2)20(26)8-13-6-7-14(9-20)25(13)11-12-4-3-5-16(21)17(12)22/h3-5,10,13-14,26H,6-9,11H2,1-2H3. The van der Waals surface area contributed by atoms with E-state index in [1.54, 1.807) is 19.4 Å². The average Bonchev–Trinajstić information content (AvgIpc) is 2.94. The molecule has 2 aliphatic heterocycles. The van der Waals surface area contributed by atoms with Gasteiger partial charge in [0.25, 0.3) is 0 Å². The van der Waals surface area contributed by atoms with Gasteiger partial charge in [-0.2, -0.15) is 4.98 Å². The van der Waals surface area contributed by atoms with Crippen LogP contribution in [-0.2, 0) is 12.1 Å². The lowest BCUT2D eigenvalue weighted by Crippen LogP contribution is -2.49. The van der Waals surface area contributed by atoms with Crippen LogP contribution in [0.15, 0.2) is 24.4 Å². The summed E-state index contributed by atoms with van der Waals surface area (Å²) in [5.41, 5.74) is 0.605. The maximum atomic E-state index is 11.5. The molecule has 1 aromatic carbocycles. The fraction of sp³-hybridized carbons (Fsp3) is 0.500. The minimum absolute atomic E-state index is 0.222. The number of rotatable bonds is 5. The lowest BCUT2D eigenvalue weighted by atomic mass is 9.81. The number of aliphatic hydroxyl groups is 1. The van der Waals surface area contributed by atoms with Gasteiger partial charge in [-0.15, -0.1) is 0 Å². The topological polar surface area (TPSA) is 67.7 Å². The van der Waals surface area contributed by atoms with Crippen molar-refractivity contribution in [2.75, 3.05) is 14.2 Å². The van der Waals surface area contributed by atoms with Crippen molar-refractivity contribution in [2.24, 2.45) is 0 Å². The summed E-state index contributed by atoms with van der Waals surface area (Å²) in [7, 11) is 3.04. The zero-order chi connectivity index (χ0) is 19.9. The molecule has 0 spiro atoms. The highest BCUT2D eigenvalue weighted by atomic mass is 35.5. The molecule has 2 aliphatic rings. The van der Waals surface area contributed by atoms with Gasteiger partial charge in [0.1, 0.15) is 0 Å². The summed E-state index contributed by atoms with van der Waals surface area (Å²) in [5.74, 6) is 0.361. The second-order valence-electron chi connectivity index (χ2n) is 7.49. The number of hydrogen-bond donors (Lipinski definition) is 1. The molecule has 0 saturated carbocycles. The molecule has 0 radical (unpaired) electrons. The van der Waals surface area contributed by atoms with Crippen LogP contribution in [0.25, 0.3) is 0 Å². The highest BCUT2D eigenvalue weighted by Crippen LogP contribution is 2.48. The van der Waals surface area contributed by atoms with Crippen LogP contribution in [0.5, 0.6) is 11.9 Å². The van der Waals surface area contributed by atoms with E-state index >= 15 is 0 Å². The van der Waals surface area contributed by atoms with E-state index in [0.717, 1.165) is 24.9 Å². The SMILES string of the molecule is COc1ncc(C2(O)CC3CCC(C2)N3Cc2cccc(Cl)c2Cl)c(OC)n1. The summed E-state index contributed by atoms with van der Waals surface area (Å²) >= 11 is 12.6. The summed E-state index contributed by atoms with van der Waals surface area (Å²) in [6.45, 7) is 0.723. The van der Waals surface area contributed by atoms with Crippen molar-refractivity contribution >= 4 is 23.2 Å². The number of piperidine rings is 1. The largest absolute Gasteiger partial charge is 0.481 e. The van der Waals surface area contributed by atoms with Crippen LogP contribution in [0.2, 0.25) is 10.0 Å². The van der Waals surface area contributed by atoms with Crippen LogP contribution in [0.4, 0.5) is 0 Å². The van der Waals surface area contributed by atoms with E-state index in [0.29, 0.717) is 34.3 Å². The predicted molar refractivity (Wildman–Crippen MR) is 107 cm³/mol. The lowest BCUT2D eigenvalue weighted by Gasteiger charge is -2.44. The van der Waals surface area contributed by atoms with Crippen molar-refractivity contribution in [1.82, 2.24) is 14.9 Å². The van der Waals surface area contributed by atoms with Crippen LogP contribution in [-0.4, -0.2) is 46.3 Å². The van der Waals surface area contributed by atoms with Gasteiger partial charge < -0.3 is 14.6 Å². The minimum Gasteiger partial charge on any atom is -0.481 e. The molecule has 2 unspecified atom stereocenters. The first kappa shape index (κ1) is 19.7. The van der Waals surface area contributed by atoms with E-state index in [1.165, 1.54) is 7.11 Å². The maximum Gasteiger partial charge on any atom is 0.319 e. The monoisotopic (exact) mass is 423 g/mol. The molecule has 0 aliphatic carbocycles. The smallest absolute Gasteiger partial charge is 0.319 e. The molecule has 3 heterocycles. The third-order valence-corrected chi connectivity index (χ3v) is 6.77. The van der Waals surface area contributed by atoms with Gasteiger partial charge in [-0.05, 0) is 37.3 Å². The van der Waals surface area contributed by atoms with Crippen LogP contribution >= 0.6 is 23.2 Å². The van der Waals surface area contributed by atoms with Gasteiger partial charge in [0.05, 0.1) is 35.4 Å². The van der Waals surface area contributed by atoms with Crippen molar-refractivity contribution in [3.8, 4) is 11.9 Å². The first-order chi connectivity index (χ1) is 13.4. The van der Waals surface area contributed by atoms with E-state index in [1.807, 2.05) is 12.1 Å². The minimum atomic E-state index is -1.03. The van der Waals surface area contributed by atoms with Crippen LogP contribution in [0.3, 0.4) is 0 Å². The zero-order valence-corrected chi connectivity index (χ0v) is 17.4. The normalized spacial score (nSPS) is 27.0. The molecule has 6 nitrogen and oxygen atoms in total. The number of benzene rings is 1. The quantitative estimate of drug-likeness (QED) is 0.788. The van der Waals surface area contributed by atoms with E-state index in [-0.39, 0.29) is 18.1 Å². The Morgan fingerprint density at radius 2 is 1.89 bits per heavy atom. The van der Waals surface area contributed by atoms with E-state index < -0.39 is 5.60 Å². The Bertz CT molecular complexity index is 866. The zero-order valence-electron chi connectivity index (χ0n) is 15.9. The van der Waals surface area contributed by atoms with Gasteiger partial charge in [0.2, 0.25) is 5.88 Å². The fourth-order valence-electron chi connectivity index (χ4n) is 4.59. The highest BCUT2D eigenvalue weighted by molar-refractivity contribution is 6.42. The summed E-state index contributed by atoms with van der Waals surface area (Å²) in [6, 6.07) is 6.43. The Morgan fingerprint density at radius 1 is 1.18 bits per heavy atom. The Balaban J connectivity index is 1.59. The van der Waals surface area contributed by atoms with Crippen molar-refractivity contribution in [3.05, 3.63) is 45.6 Å². The van der Waals surface area contributed by atoms with Crippen LogP contribution in [0.1, 0.15) is 36.8 Å². The Labute approximate surface area is 174 Å². The molecular formula is C20H23Cl2N3O3. The number of methoxy groups -OCH3 is 2. The second-order valence-corrected chi connectivity index (χ2v) is 8.27. The molecule has 2 bridgehead atoms. The molecule has 8 heteroatoms. The van der Waals surface area contributed by atoms with Gasteiger partial charge >= 0.3 is 6.01 Å². The Hall–Kier alpha value is -1.60. The molecule has 2 saturated heterocycles. The number of ether oxygens (including phenoxy) is 2. The Morgan fingerprint density at radius 3 is 2.54 bits per heavy atom. The number of fused-ring (bicyclic) bond motifs is 2.